The number of hydrogen-bond donors (Lipinski definition) is 2. The summed E-state index contributed by atoms with van der Waals surface area (Å²) >= 11 is 0. The first-order valence-electron chi connectivity index (χ1n) is 7.38. The Hall–Kier alpha value is -1.10. The zero-order valence-corrected chi connectivity index (χ0v) is 11.4. The number of carboxylic acid groups (broad SMARTS) is 1. The Morgan fingerprint density at radius 2 is 1.84 bits per heavy atom. The van der Waals surface area contributed by atoms with E-state index in [1.165, 1.54) is 0 Å². The first kappa shape index (κ1) is 14.3. The number of carboxylic acids is 1. The van der Waals surface area contributed by atoms with Gasteiger partial charge in [-0.25, -0.2) is 4.79 Å². The van der Waals surface area contributed by atoms with Crippen LogP contribution < -0.4 is 5.73 Å². The number of amides is 1. The van der Waals surface area contributed by atoms with Crippen LogP contribution in [0.1, 0.15) is 51.4 Å². The molecule has 1 aliphatic carbocycles. The minimum atomic E-state index is -0.865. The Morgan fingerprint density at radius 3 is 2.53 bits per heavy atom. The second kappa shape index (κ2) is 6.37. The molecule has 0 spiro atoms. The molecule has 108 valence electrons. The molecular formula is C14H24N2O3. The fourth-order valence-electron chi connectivity index (χ4n) is 3.32. The highest BCUT2D eigenvalue weighted by atomic mass is 16.4. The highest BCUT2D eigenvalue weighted by Gasteiger charge is 2.35. The van der Waals surface area contributed by atoms with Gasteiger partial charge in [-0.15, -0.1) is 0 Å². The van der Waals surface area contributed by atoms with Gasteiger partial charge in [-0.1, -0.05) is 19.3 Å². The molecule has 3 N–H and O–H groups in total. The molecule has 3 atom stereocenters. The van der Waals surface area contributed by atoms with Crippen molar-refractivity contribution in [2.45, 2.75) is 63.5 Å². The molecule has 1 saturated heterocycles. The number of rotatable bonds is 2. The second-order valence-corrected chi connectivity index (χ2v) is 5.86. The maximum Gasteiger partial charge on any atom is 0.326 e. The molecule has 0 aromatic rings. The van der Waals surface area contributed by atoms with Crippen LogP contribution in [0.2, 0.25) is 0 Å². The van der Waals surface area contributed by atoms with Crippen LogP contribution in [0.5, 0.6) is 0 Å². The quantitative estimate of drug-likeness (QED) is 0.792. The molecule has 0 bridgehead atoms. The lowest BCUT2D eigenvalue weighted by molar-refractivity contribution is -0.152. The van der Waals surface area contributed by atoms with Crippen molar-refractivity contribution in [1.82, 2.24) is 4.90 Å². The van der Waals surface area contributed by atoms with Crippen LogP contribution in [0.15, 0.2) is 0 Å². The monoisotopic (exact) mass is 268 g/mol. The number of nitrogens with zero attached hydrogens (tertiary/aromatic N) is 1. The van der Waals surface area contributed by atoms with Crippen LogP contribution >= 0.6 is 0 Å². The average molecular weight is 268 g/mol. The molecule has 1 heterocycles. The lowest BCUT2D eigenvalue weighted by Gasteiger charge is -2.33. The number of nitrogens with two attached hydrogens (primary N) is 1. The third-order valence-electron chi connectivity index (χ3n) is 4.38. The largest absolute Gasteiger partial charge is 0.480 e. The first-order valence-corrected chi connectivity index (χ1v) is 7.38. The fraction of sp³-hybridized carbons (Fsp3) is 0.857. The van der Waals surface area contributed by atoms with Crippen LogP contribution in [-0.4, -0.2) is 40.5 Å². The van der Waals surface area contributed by atoms with Crippen molar-refractivity contribution in [2.24, 2.45) is 11.7 Å². The van der Waals surface area contributed by atoms with Gasteiger partial charge in [0.2, 0.25) is 5.91 Å². The van der Waals surface area contributed by atoms with Gasteiger partial charge < -0.3 is 15.7 Å². The molecule has 1 aliphatic heterocycles. The van der Waals surface area contributed by atoms with Gasteiger partial charge in [0.25, 0.3) is 0 Å². The Labute approximate surface area is 114 Å². The summed E-state index contributed by atoms with van der Waals surface area (Å²) in [6.45, 7) is 0.585. The fourth-order valence-corrected chi connectivity index (χ4v) is 3.32. The van der Waals surface area contributed by atoms with Crippen molar-refractivity contribution >= 4 is 11.9 Å². The third kappa shape index (κ3) is 3.47. The van der Waals surface area contributed by atoms with E-state index in [9.17, 15) is 14.7 Å². The molecule has 3 unspecified atom stereocenters. The highest BCUT2D eigenvalue weighted by Crippen LogP contribution is 2.27. The summed E-state index contributed by atoms with van der Waals surface area (Å²) in [7, 11) is 0. The Bertz CT molecular complexity index is 346. The molecule has 1 amide bonds. The maximum atomic E-state index is 12.6. The first-order chi connectivity index (χ1) is 9.09. The van der Waals surface area contributed by atoms with E-state index in [2.05, 4.69) is 0 Å². The molecule has 2 rings (SSSR count). The Morgan fingerprint density at radius 1 is 1.05 bits per heavy atom. The zero-order valence-electron chi connectivity index (χ0n) is 11.4. The van der Waals surface area contributed by atoms with Gasteiger partial charge in [0.1, 0.15) is 6.04 Å². The predicted molar refractivity (Wildman–Crippen MR) is 71.5 cm³/mol. The van der Waals surface area contributed by atoms with Gasteiger partial charge >= 0.3 is 5.97 Å². The number of likely N-dealkylation sites (tertiary alicyclic amines) is 1. The number of carbonyl (C=O) groups excluding carboxylic acids is 1. The van der Waals surface area contributed by atoms with E-state index in [0.29, 0.717) is 19.4 Å². The molecule has 0 aromatic heterocycles. The smallest absolute Gasteiger partial charge is 0.326 e. The van der Waals surface area contributed by atoms with E-state index in [1.54, 1.807) is 4.90 Å². The Kier molecular flexibility index (Phi) is 4.80. The van der Waals surface area contributed by atoms with Crippen LogP contribution in [0.4, 0.5) is 0 Å². The van der Waals surface area contributed by atoms with Crippen molar-refractivity contribution in [1.29, 1.82) is 0 Å². The van der Waals surface area contributed by atoms with Crippen molar-refractivity contribution in [3.8, 4) is 0 Å². The van der Waals surface area contributed by atoms with Crippen LogP contribution in [0.25, 0.3) is 0 Å². The summed E-state index contributed by atoms with van der Waals surface area (Å²) in [5, 5.41) is 9.31. The summed E-state index contributed by atoms with van der Waals surface area (Å²) in [6, 6.07) is -0.536. The molecular weight excluding hydrogens is 244 g/mol. The van der Waals surface area contributed by atoms with Gasteiger partial charge in [-0.05, 0) is 32.1 Å². The number of carbonyl (C=O) groups is 2. The van der Waals surface area contributed by atoms with Crippen molar-refractivity contribution in [3.05, 3.63) is 0 Å². The van der Waals surface area contributed by atoms with Crippen molar-refractivity contribution in [3.63, 3.8) is 0 Å². The minimum Gasteiger partial charge on any atom is -0.480 e. The molecule has 5 nitrogen and oxygen atoms in total. The normalized spacial score (nSPS) is 32.7. The summed E-state index contributed by atoms with van der Waals surface area (Å²) in [4.78, 5) is 25.5. The van der Waals surface area contributed by atoms with E-state index in [-0.39, 0.29) is 17.9 Å². The van der Waals surface area contributed by atoms with Crippen LogP contribution in [-0.2, 0) is 9.59 Å². The Balaban J connectivity index is 2.07. The minimum absolute atomic E-state index is 0.0180. The SMILES string of the molecule is NC1CCCC(C(=O)N2CCCCCC2C(=O)O)C1. The van der Waals surface area contributed by atoms with E-state index in [4.69, 9.17) is 5.73 Å². The van der Waals surface area contributed by atoms with Gasteiger partial charge in [0.15, 0.2) is 0 Å². The predicted octanol–water partition coefficient (Wildman–Crippen LogP) is 1.36. The molecule has 1 saturated carbocycles. The molecule has 2 fully saturated rings. The van der Waals surface area contributed by atoms with E-state index < -0.39 is 12.0 Å². The molecule has 19 heavy (non-hydrogen) atoms. The molecule has 0 radical (unpaired) electrons. The van der Waals surface area contributed by atoms with Gasteiger partial charge in [0, 0.05) is 18.5 Å². The zero-order chi connectivity index (χ0) is 13.8. The van der Waals surface area contributed by atoms with Crippen LogP contribution in [0.3, 0.4) is 0 Å². The number of hydrogen-bond acceptors (Lipinski definition) is 3. The van der Waals surface area contributed by atoms with E-state index >= 15 is 0 Å². The highest BCUT2D eigenvalue weighted by molar-refractivity contribution is 5.85. The van der Waals surface area contributed by atoms with Gasteiger partial charge in [-0.2, -0.15) is 0 Å². The molecule has 2 aliphatic rings. The lowest BCUT2D eigenvalue weighted by Crippen LogP contribution is -2.48. The summed E-state index contributed by atoms with van der Waals surface area (Å²) in [5.74, 6) is -0.913. The van der Waals surface area contributed by atoms with E-state index in [1.807, 2.05) is 0 Å². The summed E-state index contributed by atoms with van der Waals surface area (Å²) in [6.07, 6.45) is 6.92. The third-order valence-corrected chi connectivity index (χ3v) is 4.38. The number of aliphatic carboxylic acids is 1. The van der Waals surface area contributed by atoms with Crippen molar-refractivity contribution in [2.75, 3.05) is 6.54 Å². The molecule has 5 heteroatoms. The standard InChI is InChI=1S/C14H24N2O3/c15-11-6-4-5-10(9-11)13(17)16-8-3-1-2-7-12(16)14(18)19/h10-12H,1-9,15H2,(H,18,19). The maximum absolute atomic E-state index is 12.6. The van der Waals surface area contributed by atoms with E-state index in [0.717, 1.165) is 38.5 Å². The topological polar surface area (TPSA) is 83.6 Å². The summed E-state index contributed by atoms with van der Waals surface area (Å²) in [5.41, 5.74) is 5.93. The van der Waals surface area contributed by atoms with Gasteiger partial charge in [-0.3, -0.25) is 4.79 Å². The van der Waals surface area contributed by atoms with Crippen LogP contribution in [0, 0.1) is 5.92 Å². The summed E-state index contributed by atoms with van der Waals surface area (Å²) < 4.78 is 0. The van der Waals surface area contributed by atoms with Crippen molar-refractivity contribution < 1.29 is 14.7 Å². The lowest BCUT2D eigenvalue weighted by atomic mass is 9.85. The average Bonchev–Trinajstić information content (AvgIpc) is 2.63. The van der Waals surface area contributed by atoms with Gasteiger partial charge in [0.05, 0.1) is 0 Å². The molecule has 0 aromatic carbocycles. The second-order valence-electron chi connectivity index (χ2n) is 5.86.